The number of hydrogen-bond donors (Lipinski definition) is 0. The van der Waals surface area contributed by atoms with Crippen LogP contribution in [0.2, 0.25) is 0 Å². The monoisotopic (exact) mass is 502 g/mol. The Morgan fingerprint density at radius 1 is 0.111 bits per heavy atom. The second kappa shape index (κ2) is 61000. The molecule has 0 aliphatic heterocycles. The van der Waals surface area contributed by atoms with Gasteiger partial charge in [0.1, 0.15) is 0 Å². The molecule has 0 amide bonds. The van der Waals surface area contributed by atoms with Crippen molar-refractivity contribution in [2.45, 2.75) is 0 Å². The molecule has 0 bridgehead atoms. The molecule has 0 radical (unpaired) electrons. The molecule has 0 fully saturated rings. The first kappa shape index (κ1) is 68400. The van der Waals surface area contributed by atoms with E-state index in [0.717, 1.165) is 0 Å². The van der Waals surface area contributed by atoms with E-state index in [2.05, 4.69) is 0 Å². The molecule has 0 spiro atoms. The van der Waals surface area contributed by atoms with Crippen LogP contribution < -0.4 is 0 Å². The van der Waals surface area contributed by atoms with Crippen LogP contribution in [0.3, 0.4) is 0 Å². The molecule has 27 heteroatoms. The average molecular weight is 503 g/mol. The van der Waals surface area contributed by atoms with E-state index < -0.39 is 0 Å². The predicted molar refractivity (Wildman–Crippen MR) is 106 cm³/mol. The molecule has 0 aliphatic rings. The van der Waals surface area contributed by atoms with Crippen LogP contribution in [0.15, 0.2) is 0 Å². The van der Waals surface area contributed by atoms with Crippen LogP contribution in [0, 0.1) is 0 Å². The van der Waals surface area contributed by atoms with Crippen molar-refractivity contribution in [1.29, 1.82) is 0 Å². The smallest absolute Gasteiger partial charge is 1.00 e. The van der Waals surface area contributed by atoms with Gasteiger partial charge in [-0.15, -0.1) is 0 Å². The van der Waals surface area contributed by atoms with E-state index >= 15 is 0 Å². The fourth-order valence-corrected chi connectivity index (χ4v) is 0. The minimum absolute atomic E-state index is 0. The van der Waals surface area contributed by atoms with Crippen LogP contribution in [0.5, 0.6) is 0 Å². The number of hydrogen-bond acceptors (Lipinski definition) is 0. The van der Waals surface area contributed by atoms with Gasteiger partial charge in [-0.25, -0.2) is 0 Å². The molecule has 0 atom stereocenters. The van der Waals surface area contributed by atoms with Crippen molar-refractivity contribution in [1.82, 2.24) is 0 Å². The van der Waals surface area contributed by atoms with Gasteiger partial charge in [0.25, 0.3) is 0 Å². The van der Waals surface area contributed by atoms with Gasteiger partial charge in [-0.3, -0.25) is 0 Å². The summed E-state index contributed by atoms with van der Waals surface area (Å²) in [5.41, 5.74) is 0. The SMILES string of the molecule is O.O.O.O.O.O.O.O.O.O.O.O.O.O.O.O.O.O.O.O.O.O.O.O.O.[H-].[H-].[H-].[H-].[Mg+2].[Mg+2]. The topological polar surface area (TPSA) is 788 Å². The Morgan fingerprint density at radius 2 is 0.111 bits per heavy atom. The summed E-state index contributed by atoms with van der Waals surface area (Å²) < 4.78 is 0. The second-order valence-corrected chi connectivity index (χ2v) is 0. The summed E-state index contributed by atoms with van der Waals surface area (Å²) in [4.78, 5) is 0. The van der Waals surface area contributed by atoms with Crippen LogP contribution in [0.4, 0.5) is 0 Å². The third-order valence-electron chi connectivity index (χ3n) is 0. The van der Waals surface area contributed by atoms with Gasteiger partial charge >= 0.3 is 46.1 Å². The van der Waals surface area contributed by atoms with Gasteiger partial charge in [0.2, 0.25) is 0 Å². The van der Waals surface area contributed by atoms with Crippen LogP contribution in [-0.2, 0) is 0 Å². The van der Waals surface area contributed by atoms with E-state index in [1.165, 1.54) is 0 Å². The Morgan fingerprint density at radius 3 is 0.111 bits per heavy atom. The zero-order chi connectivity index (χ0) is 0. The molecule has 0 aromatic heterocycles. The molecule has 27 heavy (non-hydrogen) atoms. The van der Waals surface area contributed by atoms with E-state index in [1.807, 2.05) is 0 Å². The first-order valence-corrected chi connectivity index (χ1v) is 0. The summed E-state index contributed by atoms with van der Waals surface area (Å²) in [5.74, 6) is 0. The zero-order valence-corrected chi connectivity index (χ0v) is 16.7. The summed E-state index contributed by atoms with van der Waals surface area (Å²) in [5, 5.41) is 0. The number of rotatable bonds is 0. The zero-order valence-electron chi connectivity index (χ0n) is 17.9. The Balaban J connectivity index is 0. The molecule has 208 valence electrons. The Bertz CT molecular complexity index is 27.5. The fourth-order valence-electron chi connectivity index (χ4n) is 0. The van der Waals surface area contributed by atoms with Crippen molar-refractivity contribution < 1.29 is 143 Å². The van der Waals surface area contributed by atoms with E-state index in [9.17, 15) is 0 Å². The molecular weight excluding hydrogens is 449 g/mol. The van der Waals surface area contributed by atoms with Gasteiger partial charge in [0.15, 0.2) is 0 Å². The first-order chi connectivity index (χ1) is 0. The molecule has 0 aromatic rings. The van der Waals surface area contributed by atoms with E-state index in [0.29, 0.717) is 0 Å². The summed E-state index contributed by atoms with van der Waals surface area (Å²) in [6, 6.07) is 0. The summed E-state index contributed by atoms with van der Waals surface area (Å²) in [6.07, 6.45) is 0. The van der Waals surface area contributed by atoms with Crippen molar-refractivity contribution in [3.8, 4) is 0 Å². The van der Waals surface area contributed by atoms with Gasteiger partial charge in [0.05, 0.1) is 0 Å². The molecule has 0 aliphatic carbocycles. The third kappa shape index (κ3) is 56300. The second-order valence-electron chi connectivity index (χ2n) is 0. The van der Waals surface area contributed by atoms with Gasteiger partial charge in [0, 0.05) is 0 Å². The predicted octanol–water partition coefficient (Wildman–Crippen LogP) is -20.9. The molecule has 0 unspecified atom stereocenters. The summed E-state index contributed by atoms with van der Waals surface area (Å²) >= 11 is 0. The van der Waals surface area contributed by atoms with Gasteiger partial charge in [-0.1, -0.05) is 0 Å². The van der Waals surface area contributed by atoms with Gasteiger partial charge < -0.3 is 143 Å². The Labute approximate surface area is 189 Å². The quantitative estimate of drug-likeness (QED) is 0.278. The largest absolute Gasteiger partial charge is 2.00 e. The first-order valence-electron chi connectivity index (χ1n) is 0. The standard InChI is InChI=1S/2Mg.25H2O.4H/h;;25*1H2;;;;/q2*+2;;;;;;;;;;;;;;;;;;;;;;;;;;4*-1. The van der Waals surface area contributed by atoms with Crippen LogP contribution >= 0.6 is 0 Å². The molecule has 0 saturated heterocycles. The fraction of sp³-hybridized carbons (Fsp3) is 0. The molecule has 50 N–H and O–H groups in total. The molecule has 0 aromatic carbocycles. The van der Waals surface area contributed by atoms with E-state index in [4.69, 9.17) is 0 Å². The molecule has 25 nitrogen and oxygen atoms in total. The van der Waals surface area contributed by atoms with E-state index in [1.54, 1.807) is 0 Å². The minimum atomic E-state index is 0. The van der Waals surface area contributed by atoms with Crippen molar-refractivity contribution in [2.75, 3.05) is 0 Å². The summed E-state index contributed by atoms with van der Waals surface area (Å²) in [6.45, 7) is 0. The van der Waals surface area contributed by atoms with Crippen molar-refractivity contribution >= 4 is 46.1 Å². The molecule has 0 rings (SSSR count). The average Bonchev–Trinajstić information content (AvgIpc) is 0. The van der Waals surface area contributed by atoms with Crippen LogP contribution in [0.1, 0.15) is 5.71 Å². The Hall–Kier alpha value is 0.532. The maximum Gasteiger partial charge on any atom is 2.00 e. The maximum absolute atomic E-state index is 0. The molecular formula is H54Mg2O25. The maximum atomic E-state index is 0. The van der Waals surface area contributed by atoms with Crippen molar-refractivity contribution in [3.05, 3.63) is 0 Å². The van der Waals surface area contributed by atoms with Crippen LogP contribution in [-0.4, -0.2) is 183 Å². The van der Waals surface area contributed by atoms with Gasteiger partial charge in [-0.2, -0.15) is 0 Å². The van der Waals surface area contributed by atoms with E-state index in [-0.39, 0.29) is 189 Å². The third-order valence-corrected chi connectivity index (χ3v) is 0. The van der Waals surface area contributed by atoms with Gasteiger partial charge in [-0.05, 0) is 0 Å². The normalized spacial score (nSPS) is 0. The van der Waals surface area contributed by atoms with Crippen molar-refractivity contribution in [2.24, 2.45) is 0 Å². The molecule has 0 saturated carbocycles. The van der Waals surface area contributed by atoms with Crippen molar-refractivity contribution in [3.63, 3.8) is 0 Å². The summed E-state index contributed by atoms with van der Waals surface area (Å²) in [7, 11) is 0. The molecule has 0 heterocycles. The Kier molecular flexibility index (Phi) is 154000000. The van der Waals surface area contributed by atoms with Crippen LogP contribution in [0.25, 0.3) is 0 Å². The minimum Gasteiger partial charge on any atom is -1.00 e.